The highest BCUT2D eigenvalue weighted by Gasteiger charge is 2.27. The Hall–Kier alpha value is -1.80. The summed E-state index contributed by atoms with van der Waals surface area (Å²) < 4.78 is 10.1. The van der Waals surface area contributed by atoms with Crippen molar-refractivity contribution in [2.75, 3.05) is 7.11 Å². The van der Waals surface area contributed by atoms with E-state index in [4.69, 9.17) is 14.7 Å². The number of nitrogens with zero attached hydrogens (tertiary/aromatic N) is 1. The summed E-state index contributed by atoms with van der Waals surface area (Å²) in [5.41, 5.74) is -0.495. The molecule has 80 valence electrons. The number of hydrogen-bond donors (Lipinski definition) is 1. The predicted molar refractivity (Wildman–Crippen MR) is 52.1 cm³/mol. The Balaban J connectivity index is 2.99. The summed E-state index contributed by atoms with van der Waals surface area (Å²) in [7, 11) is 1.51. The van der Waals surface area contributed by atoms with E-state index in [-0.39, 0.29) is 11.3 Å². The maximum absolute atomic E-state index is 10.8. The summed E-state index contributed by atoms with van der Waals surface area (Å²) >= 11 is 0. The molecule has 1 rings (SSSR count). The van der Waals surface area contributed by atoms with Gasteiger partial charge in [-0.1, -0.05) is 0 Å². The molecule has 0 aromatic carbocycles. The second-order valence-electron chi connectivity index (χ2n) is 3.23. The third-order valence-electron chi connectivity index (χ3n) is 1.97. The zero-order valence-electron chi connectivity index (χ0n) is 8.83. The van der Waals surface area contributed by atoms with Gasteiger partial charge in [0.1, 0.15) is 11.6 Å². The number of esters is 1. The molecule has 0 amide bonds. The van der Waals surface area contributed by atoms with E-state index in [9.17, 15) is 4.79 Å². The number of methoxy groups -OCH3 is 1. The highest BCUT2D eigenvalue weighted by atomic mass is 16.5. The lowest BCUT2D eigenvalue weighted by Gasteiger charge is -2.29. The van der Waals surface area contributed by atoms with Gasteiger partial charge in [-0.05, 0) is 6.92 Å². The van der Waals surface area contributed by atoms with E-state index in [1.54, 1.807) is 13.0 Å². The number of nitrogens with one attached hydrogen (secondary N) is 1. The first-order valence-electron chi connectivity index (χ1n) is 4.35. The van der Waals surface area contributed by atoms with Crippen LogP contribution in [0.5, 0.6) is 0 Å². The van der Waals surface area contributed by atoms with Crippen LogP contribution in [0.1, 0.15) is 13.8 Å². The number of rotatable bonds is 2. The molecule has 0 aromatic heterocycles. The van der Waals surface area contributed by atoms with Crippen molar-refractivity contribution in [3.63, 3.8) is 0 Å². The average molecular weight is 208 g/mol. The van der Waals surface area contributed by atoms with Crippen molar-refractivity contribution >= 4 is 5.97 Å². The van der Waals surface area contributed by atoms with Crippen molar-refractivity contribution in [1.82, 2.24) is 5.32 Å². The minimum atomic E-state index is -0.759. The van der Waals surface area contributed by atoms with E-state index in [1.807, 2.05) is 6.07 Å². The summed E-state index contributed by atoms with van der Waals surface area (Å²) in [6, 6.07) is 1.92. The third-order valence-corrected chi connectivity index (χ3v) is 1.97. The Bertz CT molecular complexity index is 379. The molecule has 0 aromatic rings. The van der Waals surface area contributed by atoms with Crippen LogP contribution in [-0.2, 0) is 14.3 Å². The fourth-order valence-corrected chi connectivity index (χ4v) is 1.10. The molecule has 5 nitrogen and oxygen atoms in total. The van der Waals surface area contributed by atoms with Gasteiger partial charge in [-0.2, -0.15) is 5.26 Å². The first kappa shape index (κ1) is 11.3. The van der Waals surface area contributed by atoms with Gasteiger partial charge in [0.15, 0.2) is 11.5 Å². The molecule has 0 saturated heterocycles. The van der Waals surface area contributed by atoms with Crippen LogP contribution in [0, 0.1) is 11.3 Å². The van der Waals surface area contributed by atoms with Crippen LogP contribution in [0.4, 0.5) is 0 Å². The summed E-state index contributed by atoms with van der Waals surface area (Å²) in [6.45, 7) is 3.03. The Morgan fingerprint density at radius 2 is 2.33 bits per heavy atom. The third kappa shape index (κ3) is 2.58. The SMILES string of the molecule is COC1(C)C=C(OC(C)=O)C(C#N)=CN1. The largest absolute Gasteiger partial charge is 0.425 e. The molecule has 1 heterocycles. The van der Waals surface area contributed by atoms with Crippen molar-refractivity contribution in [3.8, 4) is 6.07 Å². The smallest absolute Gasteiger partial charge is 0.308 e. The first-order valence-corrected chi connectivity index (χ1v) is 4.35. The molecule has 1 atom stereocenters. The quantitative estimate of drug-likeness (QED) is 0.680. The van der Waals surface area contributed by atoms with E-state index in [1.165, 1.54) is 20.2 Å². The number of hydrogen-bond acceptors (Lipinski definition) is 5. The lowest BCUT2D eigenvalue weighted by Crippen LogP contribution is -2.41. The molecule has 0 fully saturated rings. The van der Waals surface area contributed by atoms with Crippen LogP contribution in [0.15, 0.2) is 23.6 Å². The molecule has 15 heavy (non-hydrogen) atoms. The highest BCUT2D eigenvalue weighted by Crippen LogP contribution is 2.21. The normalized spacial score (nSPS) is 24.4. The summed E-state index contributed by atoms with van der Waals surface area (Å²) in [6.07, 6.45) is 3.01. The van der Waals surface area contributed by atoms with E-state index in [2.05, 4.69) is 5.32 Å². The van der Waals surface area contributed by atoms with E-state index in [0.717, 1.165) is 0 Å². The number of ether oxygens (including phenoxy) is 2. The van der Waals surface area contributed by atoms with Crippen molar-refractivity contribution in [2.45, 2.75) is 19.6 Å². The predicted octanol–water partition coefficient (Wildman–Crippen LogP) is 0.807. The molecular weight excluding hydrogens is 196 g/mol. The van der Waals surface area contributed by atoms with Crippen molar-refractivity contribution < 1.29 is 14.3 Å². The highest BCUT2D eigenvalue weighted by molar-refractivity contribution is 5.69. The summed E-state index contributed by atoms with van der Waals surface area (Å²) in [5, 5.41) is 11.7. The van der Waals surface area contributed by atoms with Gasteiger partial charge in [-0.15, -0.1) is 0 Å². The minimum Gasteiger partial charge on any atom is -0.425 e. The molecular formula is C10H12N2O3. The van der Waals surface area contributed by atoms with Gasteiger partial charge in [0.2, 0.25) is 0 Å². The molecule has 1 aliphatic rings. The minimum absolute atomic E-state index is 0.216. The maximum atomic E-state index is 10.8. The second-order valence-corrected chi connectivity index (χ2v) is 3.23. The van der Waals surface area contributed by atoms with Gasteiger partial charge in [-0.3, -0.25) is 4.79 Å². The Labute approximate surface area is 88.0 Å². The molecule has 0 radical (unpaired) electrons. The lowest BCUT2D eigenvalue weighted by molar-refractivity contribution is -0.136. The van der Waals surface area contributed by atoms with E-state index in [0.29, 0.717) is 0 Å². The number of carbonyl (C=O) groups is 1. The number of allylic oxidation sites excluding steroid dienone is 1. The number of nitriles is 1. The average Bonchev–Trinajstić information content (AvgIpc) is 2.17. The molecule has 1 N–H and O–H groups in total. The van der Waals surface area contributed by atoms with Crippen LogP contribution in [-0.4, -0.2) is 18.8 Å². The molecule has 0 spiro atoms. The van der Waals surface area contributed by atoms with Gasteiger partial charge in [0.25, 0.3) is 0 Å². The van der Waals surface area contributed by atoms with Gasteiger partial charge in [0.05, 0.1) is 0 Å². The monoisotopic (exact) mass is 208 g/mol. The number of carbonyl (C=O) groups excluding carboxylic acids is 1. The molecule has 0 saturated carbocycles. The van der Waals surface area contributed by atoms with Gasteiger partial charge in [0, 0.05) is 26.3 Å². The fraction of sp³-hybridized carbons (Fsp3) is 0.400. The van der Waals surface area contributed by atoms with Crippen LogP contribution in [0.3, 0.4) is 0 Å². The molecule has 5 heteroatoms. The maximum Gasteiger partial charge on any atom is 0.308 e. The zero-order valence-corrected chi connectivity index (χ0v) is 8.83. The Morgan fingerprint density at radius 1 is 1.67 bits per heavy atom. The molecule has 0 aliphatic carbocycles. The van der Waals surface area contributed by atoms with E-state index < -0.39 is 11.7 Å². The number of dihydropyridines is 1. The first-order chi connectivity index (χ1) is 7.00. The standard InChI is InChI=1S/C10H12N2O3/c1-7(13)15-9-4-10(2,14-3)12-6-8(9)5-11/h4,6,12H,1-3H3. The van der Waals surface area contributed by atoms with Crippen molar-refractivity contribution in [2.24, 2.45) is 0 Å². The van der Waals surface area contributed by atoms with E-state index >= 15 is 0 Å². The van der Waals surface area contributed by atoms with Gasteiger partial charge >= 0.3 is 5.97 Å². The second kappa shape index (κ2) is 4.15. The van der Waals surface area contributed by atoms with Gasteiger partial charge < -0.3 is 14.8 Å². The molecule has 1 aliphatic heterocycles. The Morgan fingerprint density at radius 3 is 2.80 bits per heavy atom. The van der Waals surface area contributed by atoms with Crippen LogP contribution < -0.4 is 5.32 Å². The lowest BCUT2D eigenvalue weighted by atomic mass is 10.1. The van der Waals surface area contributed by atoms with Crippen molar-refractivity contribution in [1.29, 1.82) is 5.26 Å². The topological polar surface area (TPSA) is 71.3 Å². The molecule has 0 bridgehead atoms. The van der Waals surface area contributed by atoms with Crippen LogP contribution >= 0.6 is 0 Å². The zero-order chi connectivity index (χ0) is 11.5. The summed E-state index contributed by atoms with van der Waals surface area (Å²) in [5.74, 6) is -0.254. The van der Waals surface area contributed by atoms with Crippen LogP contribution in [0.2, 0.25) is 0 Å². The summed E-state index contributed by atoms with van der Waals surface area (Å²) in [4.78, 5) is 10.8. The molecule has 1 unspecified atom stereocenters. The van der Waals surface area contributed by atoms with Crippen LogP contribution in [0.25, 0.3) is 0 Å². The van der Waals surface area contributed by atoms with Crippen molar-refractivity contribution in [3.05, 3.63) is 23.6 Å². The fourth-order valence-electron chi connectivity index (χ4n) is 1.10. The Kier molecular flexibility index (Phi) is 3.12. The van der Waals surface area contributed by atoms with Gasteiger partial charge in [-0.25, -0.2) is 0 Å².